The summed E-state index contributed by atoms with van der Waals surface area (Å²) in [5.74, 6) is 1.71. The number of ether oxygens (including phenoxy) is 1. The fraction of sp³-hybridized carbons (Fsp3) is 0.550. The maximum atomic E-state index is 5.42. The van der Waals surface area contributed by atoms with E-state index in [9.17, 15) is 0 Å². The number of hydrogen-bond donors (Lipinski definition) is 1. The van der Waals surface area contributed by atoms with Crippen LogP contribution in [0.25, 0.3) is 0 Å². The lowest BCUT2D eigenvalue weighted by atomic mass is 10.0. The van der Waals surface area contributed by atoms with Gasteiger partial charge in [-0.25, -0.2) is 4.98 Å². The Balaban J connectivity index is 1.36. The van der Waals surface area contributed by atoms with Crippen LogP contribution < -0.4 is 10.2 Å². The van der Waals surface area contributed by atoms with E-state index >= 15 is 0 Å². The van der Waals surface area contributed by atoms with Crippen molar-refractivity contribution >= 4 is 11.8 Å². The number of nitrogens with one attached hydrogen (secondary N) is 1. The van der Waals surface area contributed by atoms with Gasteiger partial charge in [-0.2, -0.15) is 4.98 Å². The molecule has 4 heterocycles. The molecule has 0 aromatic carbocycles. The van der Waals surface area contributed by atoms with Gasteiger partial charge in [0.2, 0.25) is 5.95 Å². The fourth-order valence-electron chi connectivity index (χ4n) is 3.83. The van der Waals surface area contributed by atoms with E-state index in [0.717, 1.165) is 57.7 Å². The van der Waals surface area contributed by atoms with Crippen molar-refractivity contribution < 1.29 is 4.74 Å². The molecule has 2 aromatic rings. The molecular formula is C20H28N6O. The van der Waals surface area contributed by atoms with Crippen LogP contribution in [-0.2, 0) is 11.3 Å². The molecule has 1 atom stereocenters. The van der Waals surface area contributed by atoms with Crippen molar-refractivity contribution in [3.05, 3.63) is 41.9 Å². The summed E-state index contributed by atoms with van der Waals surface area (Å²) >= 11 is 0. The number of likely N-dealkylation sites (tertiary alicyclic amines) is 1. The smallest absolute Gasteiger partial charge is 0.227 e. The highest BCUT2D eigenvalue weighted by atomic mass is 16.5. The first kappa shape index (κ1) is 18.1. The predicted octanol–water partition coefficient (Wildman–Crippen LogP) is 2.09. The molecule has 27 heavy (non-hydrogen) atoms. The van der Waals surface area contributed by atoms with Crippen molar-refractivity contribution in [2.24, 2.45) is 0 Å². The fourth-order valence-corrected chi connectivity index (χ4v) is 3.83. The molecule has 7 heteroatoms. The Hall–Kier alpha value is -2.25. The topological polar surface area (TPSA) is 66.4 Å². The second kappa shape index (κ2) is 8.63. The van der Waals surface area contributed by atoms with E-state index < -0.39 is 0 Å². The van der Waals surface area contributed by atoms with Crippen molar-refractivity contribution in [1.29, 1.82) is 0 Å². The SMILES string of the molecule is Cc1cncc(CN2CCCC(Nc3ccnc(N4CCOCC4)n3)C2)c1. The molecule has 0 radical (unpaired) electrons. The molecule has 2 fully saturated rings. The number of anilines is 2. The minimum Gasteiger partial charge on any atom is -0.378 e. The van der Waals surface area contributed by atoms with E-state index in [-0.39, 0.29) is 0 Å². The maximum absolute atomic E-state index is 5.42. The van der Waals surface area contributed by atoms with Crippen LogP contribution in [0.3, 0.4) is 0 Å². The molecule has 0 bridgehead atoms. The molecule has 0 aliphatic carbocycles. The Morgan fingerprint density at radius 3 is 2.96 bits per heavy atom. The first-order chi connectivity index (χ1) is 13.3. The van der Waals surface area contributed by atoms with Gasteiger partial charge >= 0.3 is 0 Å². The van der Waals surface area contributed by atoms with Crippen molar-refractivity contribution in [2.45, 2.75) is 32.4 Å². The second-order valence-corrected chi connectivity index (χ2v) is 7.43. The zero-order valence-electron chi connectivity index (χ0n) is 16.0. The molecule has 7 nitrogen and oxygen atoms in total. The molecular weight excluding hydrogens is 340 g/mol. The van der Waals surface area contributed by atoms with Crippen molar-refractivity contribution in [3.8, 4) is 0 Å². The lowest BCUT2D eigenvalue weighted by Gasteiger charge is -2.33. The van der Waals surface area contributed by atoms with E-state index in [1.807, 2.05) is 24.7 Å². The zero-order chi connectivity index (χ0) is 18.5. The third-order valence-corrected chi connectivity index (χ3v) is 5.13. The Bertz CT molecular complexity index is 749. The maximum Gasteiger partial charge on any atom is 0.227 e. The minimum absolute atomic E-state index is 0.406. The van der Waals surface area contributed by atoms with Crippen molar-refractivity contribution in [3.63, 3.8) is 0 Å². The van der Waals surface area contributed by atoms with Gasteiger partial charge in [0.1, 0.15) is 5.82 Å². The van der Waals surface area contributed by atoms with E-state index in [1.165, 1.54) is 24.0 Å². The van der Waals surface area contributed by atoms with Gasteiger partial charge in [0.05, 0.1) is 13.2 Å². The average Bonchev–Trinajstić information content (AvgIpc) is 2.69. The lowest BCUT2D eigenvalue weighted by Crippen LogP contribution is -2.42. The van der Waals surface area contributed by atoms with Crippen molar-refractivity contribution in [1.82, 2.24) is 19.9 Å². The van der Waals surface area contributed by atoms with Crippen LogP contribution >= 0.6 is 0 Å². The van der Waals surface area contributed by atoms with E-state index in [4.69, 9.17) is 9.72 Å². The summed E-state index contributed by atoms with van der Waals surface area (Å²) in [5.41, 5.74) is 2.50. The Kier molecular flexibility index (Phi) is 5.79. The van der Waals surface area contributed by atoms with E-state index in [2.05, 4.69) is 38.1 Å². The number of morpholine rings is 1. The van der Waals surface area contributed by atoms with Gasteiger partial charge in [-0.05, 0) is 43.5 Å². The molecule has 4 rings (SSSR count). The number of hydrogen-bond acceptors (Lipinski definition) is 7. The highest BCUT2D eigenvalue weighted by Gasteiger charge is 2.21. The number of piperidine rings is 1. The van der Waals surface area contributed by atoms with Gasteiger partial charge in [0.25, 0.3) is 0 Å². The molecule has 0 spiro atoms. The summed E-state index contributed by atoms with van der Waals surface area (Å²) in [6.45, 7) is 8.39. The van der Waals surface area contributed by atoms with Gasteiger partial charge in [-0.1, -0.05) is 6.07 Å². The monoisotopic (exact) mass is 368 g/mol. The van der Waals surface area contributed by atoms with E-state index in [0.29, 0.717) is 6.04 Å². The molecule has 2 aliphatic heterocycles. The lowest BCUT2D eigenvalue weighted by molar-refractivity contribution is 0.122. The Morgan fingerprint density at radius 1 is 1.22 bits per heavy atom. The predicted molar refractivity (Wildman–Crippen MR) is 106 cm³/mol. The van der Waals surface area contributed by atoms with Gasteiger partial charge in [-0.15, -0.1) is 0 Å². The normalized spacial score (nSPS) is 21.2. The molecule has 2 saturated heterocycles. The molecule has 1 unspecified atom stereocenters. The first-order valence-corrected chi connectivity index (χ1v) is 9.81. The largest absolute Gasteiger partial charge is 0.378 e. The molecule has 2 aliphatic rings. The number of rotatable bonds is 5. The zero-order valence-corrected chi connectivity index (χ0v) is 16.0. The molecule has 2 aromatic heterocycles. The quantitative estimate of drug-likeness (QED) is 0.867. The van der Waals surface area contributed by atoms with Crippen LogP contribution in [0.5, 0.6) is 0 Å². The average molecular weight is 368 g/mol. The van der Waals surface area contributed by atoms with Crippen LogP contribution in [0.2, 0.25) is 0 Å². The summed E-state index contributed by atoms with van der Waals surface area (Å²) < 4.78 is 5.42. The second-order valence-electron chi connectivity index (χ2n) is 7.43. The minimum atomic E-state index is 0.406. The summed E-state index contributed by atoms with van der Waals surface area (Å²) in [4.78, 5) is 18.2. The Labute approximate surface area is 160 Å². The Morgan fingerprint density at radius 2 is 2.11 bits per heavy atom. The van der Waals surface area contributed by atoms with Crippen LogP contribution in [0, 0.1) is 6.92 Å². The third kappa shape index (κ3) is 4.93. The summed E-state index contributed by atoms with van der Waals surface area (Å²) in [5, 5.41) is 3.62. The standard InChI is InChI=1S/C20H28N6O/c1-16-11-17(13-21-12-16)14-25-6-2-3-18(15-25)23-19-4-5-22-20(24-19)26-7-9-27-10-8-26/h4-5,11-13,18H,2-3,6-10,14-15H2,1H3,(H,22,23,24). The molecule has 1 N–H and O–H groups in total. The number of aryl methyl sites for hydroxylation is 1. The highest BCUT2D eigenvalue weighted by molar-refractivity contribution is 5.42. The van der Waals surface area contributed by atoms with Gasteiger partial charge in [0.15, 0.2) is 0 Å². The number of aromatic nitrogens is 3. The van der Waals surface area contributed by atoms with Gasteiger partial charge in [0, 0.05) is 50.8 Å². The molecule has 144 valence electrons. The van der Waals surface area contributed by atoms with Crippen LogP contribution in [-0.4, -0.2) is 65.3 Å². The van der Waals surface area contributed by atoms with Crippen LogP contribution in [0.15, 0.2) is 30.7 Å². The number of nitrogens with zero attached hydrogens (tertiary/aromatic N) is 5. The summed E-state index contributed by atoms with van der Waals surface area (Å²) in [6.07, 6.45) is 8.09. The van der Waals surface area contributed by atoms with Gasteiger partial charge < -0.3 is 15.0 Å². The summed E-state index contributed by atoms with van der Waals surface area (Å²) in [6, 6.07) is 4.60. The van der Waals surface area contributed by atoms with Gasteiger partial charge in [-0.3, -0.25) is 9.88 Å². The third-order valence-electron chi connectivity index (χ3n) is 5.13. The van der Waals surface area contributed by atoms with Crippen molar-refractivity contribution in [2.75, 3.05) is 49.6 Å². The molecule has 0 saturated carbocycles. The van der Waals surface area contributed by atoms with E-state index in [1.54, 1.807) is 0 Å². The highest BCUT2D eigenvalue weighted by Crippen LogP contribution is 2.19. The number of pyridine rings is 1. The molecule has 0 amide bonds. The van der Waals surface area contributed by atoms with Crippen LogP contribution in [0.4, 0.5) is 11.8 Å². The first-order valence-electron chi connectivity index (χ1n) is 9.81. The summed E-state index contributed by atoms with van der Waals surface area (Å²) in [7, 11) is 0. The van der Waals surface area contributed by atoms with Crippen LogP contribution in [0.1, 0.15) is 24.0 Å².